The van der Waals surface area contributed by atoms with Crippen molar-refractivity contribution in [2.75, 3.05) is 11.5 Å². The van der Waals surface area contributed by atoms with Gasteiger partial charge in [-0.3, -0.25) is 4.98 Å². The maximum absolute atomic E-state index is 4.48. The molecule has 18 heavy (non-hydrogen) atoms. The van der Waals surface area contributed by atoms with Gasteiger partial charge in [-0.25, -0.2) is 0 Å². The third-order valence-corrected chi connectivity index (χ3v) is 4.02. The Balaban J connectivity index is 1.95. The smallest absolute Gasteiger partial charge is 0.0702 e. The second kappa shape index (κ2) is 6.76. The van der Waals surface area contributed by atoms with Gasteiger partial charge in [-0.05, 0) is 30.4 Å². The highest BCUT2D eigenvalue weighted by molar-refractivity contribution is 7.99. The molecule has 0 saturated heterocycles. The molecule has 0 saturated carbocycles. The number of hydrogen-bond acceptors (Lipinski definition) is 3. The van der Waals surface area contributed by atoms with Crippen LogP contribution in [0, 0.1) is 0 Å². The van der Waals surface area contributed by atoms with Crippen molar-refractivity contribution in [1.82, 2.24) is 10.3 Å². The van der Waals surface area contributed by atoms with E-state index in [4.69, 9.17) is 0 Å². The largest absolute Gasteiger partial charge is 0.309 e. The standard InChI is InChI=1S/C15H20N2S/c1-3-18-11-12(2)16-9-13-8-14-6-4-5-7-15(14)17-10-13/h4-8,10,12,16H,3,9,11H2,1-2H3. The number of rotatable bonds is 6. The molecule has 1 atom stereocenters. The average Bonchev–Trinajstić information content (AvgIpc) is 2.42. The molecule has 0 fully saturated rings. The third kappa shape index (κ3) is 3.72. The van der Waals surface area contributed by atoms with Crippen LogP contribution in [0.1, 0.15) is 19.4 Å². The number of fused-ring (bicyclic) bond motifs is 1. The average molecular weight is 260 g/mol. The van der Waals surface area contributed by atoms with E-state index in [2.05, 4.69) is 42.3 Å². The minimum Gasteiger partial charge on any atom is -0.309 e. The summed E-state index contributed by atoms with van der Waals surface area (Å²) in [5, 5.41) is 4.75. The van der Waals surface area contributed by atoms with Crippen molar-refractivity contribution in [2.24, 2.45) is 0 Å². The molecule has 1 aromatic heterocycles. The Labute approximate surface area is 113 Å². The summed E-state index contributed by atoms with van der Waals surface area (Å²) in [5.41, 5.74) is 2.32. The van der Waals surface area contributed by atoms with E-state index >= 15 is 0 Å². The van der Waals surface area contributed by atoms with Crippen LogP contribution in [0.2, 0.25) is 0 Å². The van der Waals surface area contributed by atoms with Gasteiger partial charge in [-0.1, -0.05) is 25.1 Å². The zero-order valence-electron chi connectivity index (χ0n) is 11.0. The number of nitrogens with one attached hydrogen (secondary N) is 1. The van der Waals surface area contributed by atoms with Gasteiger partial charge in [0.1, 0.15) is 0 Å². The molecule has 1 heterocycles. The van der Waals surface area contributed by atoms with Crippen LogP contribution in [0.25, 0.3) is 10.9 Å². The van der Waals surface area contributed by atoms with Crippen LogP contribution in [-0.4, -0.2) is 22.5 Å². The molecule has 0 spiro atoms. The topological polar surface area (TPSA) is 24.9 Å². The fourth-order valence-corrected chi connectivity index (χ4v) is 2.57. The highest BCUT2D eigenvalue weighted by Gasteiger charge is 2.02. The molecule has 2 nitrogen and oxygen atoms in total. The van der Waals surface area contributed by atoms with Crippen LogP contribution in [0.3, 0.4) is 0 Å². The Kier molecular flexibility index (Phi) is 5.02. The molecule has 3 heteroatoms. The lowest BCUT2D eigenvalue weighted by Gasteiger charge is -2.13. The first kappa shape index (κ1) is 13.4. The molecule has 0 radical (unpaired) electrons. The molecule has 2 rings (SSSR count). The van der Waals surface area contributed by atoms with E-state index in [1.54, 1.807) is 0 Å². The van der Waals surface area contributed by atoms with Crippen molar-refractivity contribution in [2.45, 2.75) is 26.4 Å². The molecular weight excluding hydrogens is 240 g/mol. The molecule has 0 amide bonds. The molecule has 1 aromatic carbocycles. The zero-order chi connectivity index (χ0) is 12.8. The Morgan fingerprint density at radius 3 is 3.00 bits per heavy atom. The van der Waals surface area contributed by atoms with Crippen molar-refractivity contribution in [3.8, 4) is 0 Å². The molecule has 2 aromatic rings. The second-order valence-corrected chi connectivity index (χ2v) is 5.80. The maximum atomic E-state index is 4.48. The fourth-order valence-electron chi connectivity index (χ4n) is 1.86. The van der Waals surface area contributed by atoms with E-state index in [1.807, 2.05) is 30.1 Å². The minimum atomic E-state index is 0.543. The summed E-state index contributed by atoms with van der Waals surface area (Å²) in [5.74, 6) is 2.35. The van der Waals surface area contributed by atoms with Crippen LogP contribution >= 0.6 is 11.8 Å². The summed E-state index contributed by atoms with van der Waals surface area (Å²) in [7, 11) is 0. The molecule has 0 aliphatic carbocycles. The van der Waals surface area contributed by atoms with Crippen LogP contribution in [-0.2, 0) is 6.54 Å². The lowest BCUT2D eigenvalue weighted by Crippen LogP contribution is -2.27. The van der Waals surface area contributed by atoms with Gasteiger partial charge in [0.05, 0.1) is 5.52 Å². The summed E-state index contributed by atoms with van der Waals surface area (Å²) in [6.45, 7) is 5.32. The van der Waals surface area contributed by atoms with Crippen LogP contribution in [0.4, 0.5) is 0 Å². The van der Waals surface area contributed by atoms with Gasteiger partial charge < -0.3 is 5.32 Å². The normalized spacial score (nSPS) is 12.8. The van der Waals surface area contributed by atoms with Crippen molar-refractivity contribution in [3.63, 3.8) is 0 Å². The van der Waals surface area contributed by atoms with Crippen LogP contribution in [0.5, 0.6) is 0 Å². The number of hydrogen-bond donors (Lipinski definition) is 1. The van der Waals surface area contributed by atoms with E-state index in [1.165, 1.54) is 16.7 Å². The molecular formula is C15H20N2S. The van der Waals surface area contributed by atoms with E-state index < -0.39 is 0 Å². The minimum absolute atomic E-state index is 0.543. The van der Waals surface area contributed by atoms with Gasteiger partial charge in [-0.15, -0.1) is 0 Å². The SMILES string of the molecule is CCSCC(C)NCc1cnc2ccccc2c1. The molecule has 0 bridgehead atoms. The van der Waals surface area contributed by atoms with E-state index in [9.17, 15) is 0 Å². The zero-order valence-corrected chi connectivity index (χ0v) is 11.8. The van der Waals surface area contributed by atoms with Crippen LogP contribution < -0.4 is 5.32 Å². The fraction of sp³-hybridized carbons (Fsp3) is 0.400. The summed E-state index contributed by atoms with van der Waals surface area (Å²) in [6.07, 6.45) is 1.97. The number of nitrogens with zero attached hydrogens (tertiary/aromatic N) is 1. The van der Waals surface area contributed by atoms with Crippen molar-refractivity contribution in [3.05, 3.63) is 42.1 Å². The first-order chi connectivity index (χ1) is 8.79. The summed E-state index contributed by atoms with van der Waals surface area (Å²) in [4.78, 5) is 4.48. The predicted octanol–water partition coefficient (Wildman–Crippen LogP) is 3.47. The highest BCUT2D eigenvalue weighted by atomic mass is 32.2. The van der Waals surface area contributed by atoms with Gasteiger partial charge in [0.15, 0.2) is 0 Å². The first-order valence-electron chi connectivity index (χ1n) is 6.44. The number of benzene rings is 1. The van der Waals surface area contributed by atoms with Crippen molar-refractivity contribution >= 4 is 22.7 Å². The summed E-state index contributed by atoms with van der Waals surface area (Å²) in [6, 6.07) is 11.0. The quantitative estimate of drug-likeness (QED) is 0.861. The Bertz CT molecular complexity index is 499. The van der Waals surface area contributed by atoms with E-state index in [0.717, 1.165) is 17.8 Å². The van der Waals surface area contributed by atoms with Gasteiger partial charge >= 0.3 is 0 Å². The van der Waals surface area contributed by atoms with Gasteiger partial charge in [0.2, 0.25) is 0 Å². The highest BCUT2D eigenvalue weighted by Crippen LogP contribution is 2.12. The van der Waals surface area contributed by atoms with Gasteiger partial charge in [0, 0.05) is 29.9 Å². The molecule has 1 N–H and O–H groups in total. The molecule has 0 aliphatic heterocycles. The lowest BCUT2D eigenvalue weighted by molar-refractivity contribution is 0.595. The van der Waals surface area contributed by atoms with Gasteiger partial charge in [0.25, 0.3) is 0 Å². The summed E-state index contributed by atoms with van der Waals surface area (Å²) < 4.78 is 0. The lowest BCUT2D eigenvalue weighted by atomic mass is 10.1. The Morgan fingerprint density at radius 1 is 1.33 bits per heavy atom. The number of thioether (sulfide) groups is 1. The monoisotopic (exact) mass is 260 g/mol. The second-order valence-electron chi connectivity index (χ2n) is 4.48. The van der Waals surface area contributed by atoms with Gasteiger partial charge in [-0.2, -0.15) is 11.8 Å². The number of para-hydroxylation sites is 1. The van der Waals surface area contributed by atoms with E-state index in [-0.39, 0.29) is 0 Å². The first-order valence-corrected chi connectivity index (χ1v) is 7.60. The Hall–Kier alpha value is -1.06. The van der Waals surface area contributed by atoms with Crippen molar-refractivity contribution < 1.29 is 0 Å². The van der Waals surface area contributed by atoms with Crippen LogP contribution in [0.15, 0.2) is 36.5 Å². The summed E-state index contributed by atoms with van der Waals surface area (Å²) >= 11 is 1.98. The maximum Gasteiger partial charge on any atom is 0.0702 e. The molecule has 1 unspecified atom stereocenters. The molecule has 0 aliphatic rings. The number of pyridine rings is 1. The van der Waals surface area contributed by atoms with Crippen molar-refractivity contribution in [1.29, 1.82) is 0 Å². The number of aromatic nitrogens is 1. The Morgan fingerprint density at radius 2 is 2.17 bits per heavy atom. The third-order valence-electron chi connectivity index (χ3n) is 2.87. The predicted molar refractivity (Wildman–Crippen MR) is 81.0 cm³/mol. The molecule has 96 valence electrons. The van der Waals surface area contributed by atoms with E-state index in [0.29, 0.717) is 6.04 Å².